The number of aromatic nitrogens is 1. The largest absolute Gasteiger partial charge is 0.481 e. The zero-order chi connectivity index (χ0) is 13.8. The van der Waals surface area contributed by atoms with Gasteiger partial charge in [0.2, 0.25) is 0 Å². The van der Waals surface area contributed by atoms with Crippen molar-refractivity contribution in [1.82, 2.24) is 9.88 Å². The van der Waals surface area contributed by atoms with E-state index in [1.807, 2.05) is 0 Å². The number of likely N-dealkylation sites (tertiary alicyclic amines) is 1. The van der Waals surface area contributed by atoms with Crippen molar-refractivity contribution in [2.45, 2.75) is 31.7 Å². The first-order valence-electron chi connectivity index (χ1n) is 6.22. The molecule has 1 saturated heterocycles. The number of carboxylic acids is 1. The van der Waals surface area contributed by atoms with E-state index in [4.69, 9.17) is 5.11 Å². The second kappa shape index (κ2) is 5.77. The Labute approximate surface area is 110 Å². The first kappa shape index (κ1) is 13.5. The summed E-state index contributed by atoms with van der Waals surface area (Å²) in [5.74, 6) is -2.07. The number of amides is 1. The smallest absolute Gasteiger partial charge is 0.305 e. The van der Waals surface area contributed by atoms with Crippen LogP contribution in [-0.4, -0.2) is 39.5 Å². The van der Waals surface area contributed by atoms with Crippen LogP contribution in [0.15, 0.2) is 18.5 Å². The Balaban J connectivity index is 2.20. The third-order valence-corrected chi connectivity index (χ3v) is 3.30. The molecule has 1 atom stereocenters. The zero-order valence-corrected chi connectivity index (χ0v) is 10.4. The number of nitrogens with zero attached hydrogens (tertiary/aromatic N) is 2. The van der Waals surface area contributed by atoms with E-state index in [0.717, 1.165) is 19.0 Å². The minimum atomic E-state index is -0.945. The number of aliphatic carboxylic acids is 1. The first-order chi connectivity index (χ1) is 9.09. The molecule has 0 aromatic carbocycles. The third kappa shape index (κ3) is 3.07. The van der Waals surface area contributed by atoms with Crippen molar-refractivity contribution >= 4 is 11.9 Å². The maximum absolute atomic E-state index is 13.6. The molecule has 1 aromatic heterocycles. The molecule has 1 N–H and O–H groups in total. The minimum absolute atomic E-state index is 0.0488. The first-order valence-corrected chi connectivity index (χ1v) is 6.22. The van der Waals surface area contributed by atoms with E-state index in [-0.39, 0.29) is 18.0 Å². The van der Waals surface area contributed by atoms with Gasteiger partial charge in [0.05, 0.1) is 18.2 Å². The third-order valence-electron chi connectivity index (χ3n) is 3.30. The Hall–Kier alpha value is -1.98. The van der Waals surface area contributed by atoms with E-state index >= 15 is 0 Å². The fourth-order valence-corrected chi connectivity index (χ4v) is 2.39. The second-order valence-corrected chi connectivity index (χ2v) is 4.60. The lowest BCUT2D eigenvalue weighted by molar-refractivity contribution is -0.138. The molecule has 0 saturated carbocycles. The van der Waals surface area contributed by atoms with Crippen molar-refractivity contribution < 1.29 is 19.1 Å². The molecule has 1 aliphatic rings. The van der Waals surface area contributed by atoms with Crippen LogP contribution in [0.3, 0.4) is 0 Å². The van der Waals surface area contributed by atoms with Gasteiger partial charge >= 0.3 is 5.97 Å². The lowest BCUT2D eigenvalue weighted by Gasteiger charge is -2.35. The number of hydrogen-bond acceptors (Lipinski definition) is 3. The van der Waals surface area contributed by atoms with E-state index in [1.165, 1.54) is 17.2 Å². The minimum Gasteiger partial charge on any atom is -0.481 e. The molecule has 19 heavy (non-hydrogen) atoms. The number of carbonyl (C=O) groups is 2. The number of carbonyl (C=O) groups excluding carboxylic acids is 1. The Bertz CT molecular complexity index is 493. The lowest BCUT2D eigenvalue weighted by atomic mass is 9.98. The van der Waals surface area contributed by atoms with Crippen LogP contribution in [0.2, 0.25) is 0 Å². The highest BCUT2D eigenvalue weighted by Crippen LogP contribution is 2.22. The number of carboxylic acid groups (broad SMARTS) is 1. The van der Waals surface area contributed by atoms with E-state index in [9.17, 15) is 14.0 Å². The molecule has 0 spiro atoms. The number of pyridine rings is 1. The summed E-state index contributed by atoms with van der Waals surface area (Å²) in [5.41, 5.74) is -0.0488. The molecule has 1 aromatic rings. The molecule has 0 aliphatic carbocycles. The van der Waals surface area contributed by atoms with Gasteiger partial charge in [-0.15, -0.1) is 0 Å². The Morgan fingerprint density at radius 1 is 1.47 bits per heavy atom. The van der Waals surface area contributed by atoms with Crippen LogP contribution in [0.25, 0.3) is 0 Å². The van der Waals surface area contributed by atoms with Crippen molar-refractivity contribution in [2.24, 2.45) is 0 Å². The van der Waals surface area contributed by atoms with Gasteiger partial charge in [-0.1, -0.05) is 0 Å². The highest BCUT2D eigenvalue weighted by Gasteiger charge is 2.30. The summed E-state index contributed by atoms with van der Waals surface area (Å²) in [4.78, 5) is 28.2. The molecule has 0 bridgehead atoms. The molecule has 2 rings (SSSR count). The van der Waals surface area contributed by atoms with E-state index < -0.39 is 17.7 Å². The summed E-state index contributed by atoms with van der Waals surface area (Å²) in [6.07, 6.45) is 4.59. The van der Waals surface area contributed by atoms with Gasteiger partial charge in [0, 0.05) is 18.8 Å². The molecular formula is C13H15FN2O3. The maximum atomic E-state index is 13.6. The van der Waals surface area contributed by atoms with E-state index in [0.29, 0.717) is 13.0 Å². The summed E-state index contributed by atoms with van der Waals surface area (Å²) in [7, 11) is 0. The van der Waals surface area contributed by atoms with Crippen molar-refractivity contribution in [1.29, 1.82) is 0 Å². The highest BCUT2D eigenvalue weighted by molar-refractivity contribution is 5.94. The topological polar surface area (TPSA) is 70.5 Å². The number of piperidine rings is 1. The SMILES string of the molecule is O=C(O)CC1CCCCN1C(=O)c1ccncc1F. The molecule has 1 unspecified atom stereocenters. The van der Waals surface area contributed by atoms with Crippen molar-refractivity contribution in [3.8, 4) is 0 Å². The van der Waals surface area contributed by atoms with Gasteiger partial charge in [-0.3, -0.25) is 14.6 Å². The molecule has 102 valence electrons. The quantitative estimate of drug-likeness (QED) is 0.903. The Morgan fingerprint density at radius 2 is 2.26 bits per heavy atom. The molecule has 1 aliphatic heterocycles. The maximum Gasteiger partial charge on any atom is 0.305 e. The van der Waals surface area contributed by atoms with Crippen LogP contribution < -0.4 is 0 Å². The van der Waals surface area contributed by atoms with Crippen LogP contribution in [0.4, 0.5) is 4.39 Å². The zero-order valence-electron chi connectivity index (χ0n) is 10.4. The molecule has 6 heteroatoms. The average Bonchev–Trinajstić information content (AvgIpc) is 2.38. The summed E-state index contributed by atoms with van der Waals surface area (Å²) < 4.78 is 13.6. The van der Waals surface area contributed by atoms with Crippen LogP contribution in [0.1, 0.15) is 36.0 Å². The van der Waals surface area contributed by atoms with Crippen LogP contribution in [-0.2, 0) is 4.79 Å². The second-order valence-electron chi connectivity index (χ2n) is 4.60. The summed E-state index contributed by atoms with van der Waals surface area (Å²) in [6.45, 7) is 0.471. The Kier molecular flexibility index (Phi) is 4.09. The standard InChI is InChI=1S/C13H15FN2O3/c14-11-8-15-5-4-10(11)13(19)16-6-2-1-3-9(16)7-12(17)18/h4-5,8-9H,1-3,6-7H2,(H,17,18). The number of rotatable bonds is 3. The fraction of sp³-hybridized carbons (Fsp3) is 0.462. The Morgan fingerprint density at radius 3 is 2.95 bits per heavy atom. The lowest BCUT2D eigenvalue weighted by Crippen LogP contribution is -2.45. The van der Waals surface area contributed by atoms with Gasteiger partial charge in [-0.25, -0.2) is 4.39 Å². The highest BCUT2D eigenvalue weighted by atomic mass is 19.1. The van der Waals surface area contributed by atoms with Gasteiger partial charge < -0.3 is 10.0 Å². The van der Waals surface area contributed by atoms with Crippen LogP contribution >= 0.6 is 0 Å². The molecular weight excluding hydrogens is 251 g/mol. The normalized spacial score (nSPS) is 19.2. The van der Waals surface area contributed by atoms with Gasteiger partial charge in [0.25, 0.3) is 5.91 Å². The predicted molar refractivity (Wildman–Crippen MR) is 65.1 cm³/mol. The number of halogens is 1. The van der Waals surface area contributed by atoms with Gasteiger partial charge in [-0.2, -0.15) is 0 Å². The van der Waals surface area contributed by atoms with Crippen molar-refractivity contribution in [2.75, 3.05) is 6.54 Å². The van der Waals surface area contributed by atoms with E-state index in [2.05, 4.69) is 4.98 Å². The van der Waals surface area contributed by atoms with Crippen LogP contribution in [0, 0.1) is 5.82 Å². The number of hydrogen-bond donors (Lipinski definition) is 1. The molecule has 0 radical (unpaired) electrons. The average molecular weight is 266 g/mol. The molecule has 1 amide bonds. The van der Waals surface area contributed by atoms with Crippen LogP contribution in [0.5, 0.6) is 0 Å². The molecule has 5 nitrogen and oxygen atoms in total. The van der Waals surface area contributed by atoms with Crippen molar-refractivity contribution in [3.05, 3.63) is 29.8 Å². The fourth-order valence-electron chi connectivity index (χ4n) is 2.39. The monoisotopic (exact) mass is 266 g/mol. The summed E-state index contributed by atoms with van der Waals surface area (Å²) in [6, 6.07) is 0.968. The summed E-state index contributed by atoms with van der Waals surface area (Å²) in [5, 5.41) is 8.87. The van der Waals surface area contributed by atoms with Gasteiger partial charge in [0.1, 0.15) is 0 Å². The van der Waals surface area contributed by atoms with E-state index in [1.54, 1.807) is 0 Å². The van der Waals surface area contributed by atoms with Gasteiger partial charge in [-0.05, 0) is 25.3 Å². The summed E-state index contributed by atoms with van der Waals surface area (Å²) >= 11 is 0. The molecule has 1 fully saturated rings. The molecule has 2 heterocycles. The van der Waals surface area contributed by atoms with Gasteiger partial charge in [0.15, 0.2) is 5.82 Å². The van der Waals surface area contributed by atoms with Crippen molar-refractivity contribution in [3.63, 3.8) is 0 Å². The predicted octanol–water partition coefficient (Wildman–Crippen LogP) is 1.69.